The molecule has 1 aromatic heterocycles. The molecule has 0 bridgehead atoms. The van der Waals surface area contributed by atoms with Gasteiger partial charge in [-0.25, -0.2) is 9.18 Å². The second kappa shape index (κ2) is 6.46. The highest BCUT2D eigenvalue weighted by molar-refractivity contribution is 5.75. The molecule has 1 unspecified atom stereocenters. The van der Waals surface area contributed by atoms with E-state index >= 15 is 0 Å². The van der Waals surface area contributed by atoms with Gasteiger partial charge in [-0.2, -0.15) is 0 Å². The van der Waals surface area contributed by atoms with Crippen LogP contribution < -0.4 is 5.32 Å². The number of benzene rings is 1. The number of hydrogen-bond acceptors (Lipinski definition) is 3. The fourth-order valence-corrected chi connectivity index (χ4v) is 4.00. The molecule has 25 heavy (non-hydrogen) atoms. The molecule has 2 heterocycles. The van der Waals surface area contributed by atoms with Crippen LogP contribution in [0.4, 0.5) is 9.18 Å². The van der Waals surface area contributed by atoms with E-state index in [1.54, 1.807) is 12.4 Å². The summed E-state index contributed by atoms with van der Waals surface area (Å²) in [4.78, 5) is 14.4. The summed E-state index contributed by atoms with van der Waals surface area (Å²) in [5.41, 5.74) is 1.66. The van der Waals surface area contributed by atoms with Gasteiger partial charge in [0.1, 0.15) is 18.0 Å². The molecule has 132 valence electrons. The number of urea groups is 1. The van der Waals surface area contributed by atoms with Gasteiger partial charge in [-0.3, -0.25) is 0 Å². The van der Waals surface area contributed by atoms with E-state index in [0.29, 0.717) is 25.4 Å². The van der Waals surface area contributed by atoms with Gasteiger partial charge in [0.25, 0.3) is 0 Å². The van der Waals surface area contributed by atoms with E-state index in [-0.39, 0.29) is 17.9 Å². The third-order valence-corrected chi connectivity index (χ3v) is 5.40. The highest BCUT2D eigenvalue weighted by atomic mass is 19.1. The van der Waals surface area contributed by atoms with Gasteiger partial charge in [0.15, 0.2) is 0 Å². The molecule has 0 spiro atoms. The number of rotatable bonds is 2. The summed E-state index contributed by atoms with van der Waals surface area (Å²) in [6.07, 6.45) is 4.93. The number of amides is 2. The fourth-order valence-electron chi connectivity index (χ4n) is 4.00. The first-order valence-corrected chi connectivity index (χ1v) is 8.80. The zero-order chi connectivity index (χ0) is 17.4. The maximum atomic E-state index is 13.8. The second-order valence-corrected chi connectivity index (χ2v) is 6.91. The molecule has 1 fully saturated rings. The van der Waals surface area contributed by atoms with Crippen LogP contribution in [0.2, 0.25) is 0 Å². The molecule has 4 rings (SSSR count). The molecule has 0 saturated carbocycles. The number of halogens is 1. The lowest BCUT2D eigenvalue weighted by Crippen LogP contribution is -2.45. The number of carbonyl (C=O) groups excluding carboxylic acids is 1. The summed E-state index contributed by atoms with van der Waals surface area (Å²) < 4.78 is 15.8. The van der Waals surface area contributed by atoms with Gasteiger partial charge in [-0.15, -0.1) is 10.2 Å². The van der Waals surface area contributed by atoms with Gasteiger partial charge >= 0.3 is 6.03 Å². The monoisotopic (exact) mass is 343 g/mol. The van der Waals surface area contributed by atoms with Crippen LogP contribution in [0, 0.1) is 5.82 Å². The van der Waals surface area contributed by atoms with E-state index in [2.05, 4.69) is 15.5 Å². The van der Waals surface area contributed by atoms with Crippen LogP contribution in [0.1, 0.15) is 48.2 Å². The van der Waals surface area contributed by atoms with Crippen LogP contribution in [0.25, 0.3) is 0 Å². The van der Waals surface area contributed by atoms with Crippen molar-refractivity contribution >= 4 is 6.03 Å². The first-order valence-electron chi connectivity index (χ1n) is 8.80. The summed E-state index contributed by atoms with van der Waals surface area (Å²) in [6.45, 7) is 1.40. The standard InChI is InChI=1S/C18H22FN5O/c1-23-11-20-22-17(23)12-7-9-24(10-8-12)18(25)21-16-6-5-13-14(16)3-2-4-15(13)19/h2-4,11-12,16H,5-10H2,1H3,(H,21,25). The number of likely N-dealkylation sites (tertiary alicyclic amines) is 1. The van der Waals surface area contributed by atoms with Crippen molar-refractivity contribution in [2.45, 2.75) is 37.6 Å². The van der Waals surface area contributed by atoms with E-state index in [4.69, 9.17) is 0 Å². The Morgan fingerprint density at radius 1 is 1.28 bits per heavy atom. The summed E-state index contributed by atoms with van der Waals surface area (Å²) in [6, 6.07) is 4.97. The molecular weight excluding hydrogens is 321 g/mol. The quantitative estimate of drug-likeness (QED) is 0.911. The Balaban J connectivity index is 1.36. The van der Waals surface area contributed by atoms with Crippen molar-refractivity contribution in [1.82, 2.24) is 25.0 Å². The summed E-state index contributed by atoms with van der Waals surface area (Å²) in [7, 11) is 1.95. The van der Waals surface area contributed by atoms with E-state index in [9.17, 15) is 9.18 Å². The van der Waals surface area contributed by atoms with Crippen molar-refractivity contribution in [1.29, 1.82) is 0 Å². The van der Waals surface area contributed by atoms with Gasteiger partial charge in [0.2, 0.25) is 0 Å². The third-order valence-electron chi connectivity index (χ3n) is 5.40. The smallest absolute Gasteiger partial charge is 0.317 e. The third kappa shape index (κ3) is 2.99. The first-order chi connectivity index (χ1) is 12.1. The Morgan fingerprint density at radius 2 is 2.08 bits per heavy atom. The highest BCUT2D eigenvalue weighted by Crippen LogP contribution is 2.33. The zero-order valence-corrected chi connectivity index (χ0v) is 14.3. The van der Waals surface area contributed by atoms with E-state index in [1.807, 2.05) is 22.6 Å². The molecule has 1 saturated heterocycles. The number of aromatic nitrogens is 3. The average molecular weight is 343 g/mol. The maximum Gasteiger partial charge on any atom is 0.317 e. The highest BCUT2D eigenvalue weighted by Gasteiger charge is 2.30. The Kier molecular flexibility index (Phi) is 4.15. The van der Waals surface area contributed by atoms with Crippen LogP contribution in [-0.2, 0) is 13.5 Å². The van der Waals surface area contributed by atoms with Gasteiger partial charge in [0.05, 0.1) is 6.04 Å². The van der Waals surface area contributed by atoms with Crippen molar-refractivity contribution in [2.75, 3.05) is 13.1 Å². The van der Waals surface area contributed by atoms with Gasteiger partial charge in [-0.05, 0) is 42.9 Å². The second-order valence-electron chi connectivity index (χ2n) is 6.91. The lowest BCUT2D eigenvalue weighted by Gasteiger charge is -2.32. The molecule has 6 nitrogen and oxygen atoms in total. The van der Waals surface area contributed by atoms with Crippen molar-refractivity contribution < 1.29 is 9.18 Å². The normalized spacial score (nSPS) is 20.6. The van der Waals surface area contributed by atoms with Crippen LogP contribution in [0.5, 0.6) is 0 Å². The van der Waals surface area contributed by atoms with Gasteiger partial charge in [0, 0.05) is 26.1 Å². The largest absolute Gasteiger partial charge is 0.331 e. The Labute approximate surface area is 146 Å². The minimum atomic E-state index is -0.168. The molecule has 2 amide bonds. The predicted molar refractivity (Wildman–Crippen MR) is 90.5 cm³/mol. The minimum Gasteiger partial charge on any atom is -0.331 e. The zero-order valence-electron chi connectivity index (χ0n) is 14.3. The SMILES string of the molecule is Cn1cnnc1C1CCN(C(=O)NC2CCc3c(F)cccc32)CC1. The number of hydrogen-bond donors (Lipinski definition) is 1. The molecule has 1 aliphatic carbocycles. The lowest BCUT2D eigenvalue weighted by atomic mass is 9.96. The number of aryl methyl sites for hydroxylation is 1. The van der Waals surface area contributed by atoms with Crippen molar-refractivity contribution in [3.8, 4) is 0 Å². The number of carbonyl (C=O) groups is 1. The summed E-state index contributed by atoms with van der Waals surface area (Å²) in [5.74, 6) is 1.16. The lowest BCUT2D eigenvalue weighted by molar-refractivity contribution is 0.176. The Morgan fingerprint density at radius 3 is 2.80 bits per heavy atom. The number of piperidine rings is 1. The van der Waals surface area contributed by atoms with Crippen LogP contribution >= 0.6 is 0 Å². The van der Waals surface area contributed by atoms with Crippen LogP contribution in [0.3, 0.4) is 0 Å². The van der Waals surface area contributed by atoms with E-state index in [0.717, 1.165) is 36.2 Å². The van der Waals surface area contributed by atoms with Crippen LogP contribution in [0.15, 0.2) is 24.5 Å². The first kappa shape index (κ1) is 16.1. The van der Waals surface area contributed by atoms with E-state index in [1.165, 1.54) is 6.07 Å². The number of nitrogens with one attached hydrogen (secondary N) is 1. The van der Waals surface area contributed by atoms with Gasteiger partial charge < -0.3 is 14.8 Å². The van der Waals surface area contributed by atoms with Crippen LogP contribution in [-0.4, -0.2) is 38.8 Å². The topological polar surface area (TPSA) is 63.1 Å². The molecular formula is C18H22FN5O. The summed E-state index contributed by atoms with van der Waals surface area (Å²) in [5, 5.41) is 11.2. The molecule has 2 aliphatic rings. The minimum absolute atomic E-state index is 0.0569. The Hall–Kier alpha value is -2.44. The molecule has 7 heteroatoms. The molecule has 1 aromatic carbocycles. The molecule has 2 aromatic rings. The molecule has 1 atom stereocenters. The number of fused-ring (bicyclic) bond motifs is 1. The predicted octanol–water partition coefficient (Wildman–Crippen LogP) is 2.53. The van der Waals surface area contributed by atoms with Crippen molar-refractivity contribution in [3.63, 3.8) is 0 Å². The molecule has 1 N–H and O–H groups in total. The number of nitrogens with zero attached hydrogens (tertiary/aromatic N) is 4. The van der Waals surface area contributed by atoms with Crippen molar-refractivity contribution in [3.05, 3.63) is 47.3 Å². The van der Waals surface area contributed by atoms with Gasteiger partial charge in [-0.1, -0.05) is 12.1 Å². The average Bonchev–Trinajstić information content (AvgIpc) is 3.22. The Bertz CT molecular complexity index is 782. The van der Waals surface area contributed by atoms with E-state index < -0.39 is 0 Å². The van der Waals surface area contributed by atoms with Crippen molar-refractivity contribution in [2.24, 2.45) is 7.05 Å². The fraction of sp³-hybridized carbons (Fsp3) is 0.500. The summed E-state index contributed by atoms with van der Waals surface area (Å²) >= 11 is 0. The molecule has 0 radical (unpaired) electrons. The maximum absolute atomic E-state index is 13.8. The molecule has 1 aliphatic heterocycles.